The molecule has 1 N–H and O–H groups in total. The Morgan fingerprint density at radius 3 is 2.34 bits per heavy atom. The lowest BCUT2D eigenvalue weighted by Crippen LogP contribution is -2.44. The van der Waals surface area contributed by atoms with E-state index in [1.54, 1.807) is 22.9 Å². The summed E-state index contributed by atoms with van der Waals surface area (Å²) >= 11 is 0. The summed E-state index contributed by atoms with van der Waals surface area (Å²) in [6.45, 7) is 2.64. The van der Waals surface area contributed by atoms with Gasteiger partial charge in [-0.2, -0.15) is 17.8 Å². The number of carbonyl (C=O) groups excluding carboxylic acids is 1. The van der Waals surface area contributed by atoms with Crippen molar-refractivity contribution < 1.29 is 22.0 Å². The van der Waals surface area contributed by atoms with E-state index in [1.165, 1.54) is 26.2 Å². The summed E-state index contributed by atoms with van der Waals surface area (Å²) in [6.07, 6.45) is 4.56. The van der Waals surface area contributed by atoms with Crippen molar-refractivity contribution in [1.82, 2.24) is 28.7 Å². The topological polar surface area (TPSA) is 104 Å². The van der Waals surface area contributed by atoms with Crippen LogP contribution in [0.1, 0.15) is 60.6 Å². The van der Waals surface area contributed by atoms with Crippen LogP contribution in [0.15, 0.2) is 30.3 Å². The molecule has 6 rings (SSSR count). The van der Waals surface area contributed by atoms with E-state index in [2.05, 4.69) is 19.5 Å². The number of benzene rings is 1. The summed E-state index contributed by atoms with van der Waals surface area (Å²) in [7, 11) is -1.38. The van der Waals surface area contributed by atoms with E-state index in [4.69, 9.17) is 5.10 Å². The summed E-state index contributed by atoms with van der Waals surface area (Å²) in [5.41, 5.74) is 2.62. The second-order valence-corrected chi connectivity index (χ2v) is 13.3. The van der Waals surface area contributed by atoms with Crippen molar-refractivity contribution in [1.29, 1.82) is 0 Å². The molecule has 41 heavy (non-hydrogen) atoms. The van der Waals surface area contributed by atoms with Crippen LogP contribution in [0.2, 0.25) is 0 Å². The normalized spacial score (nSPS) is 21.1. The molecular formula is C28H35F2N7O3S. The Hall–Kier alpha value is -3.16. The number of alkyl halides is 1. The minimum atomic E-state index is -4.05. The zero-order chi connectivity index (χ0) is 28.9. The number of hydrogen-bond donors (Lipinski definition) is 1. The fraction of sp³-hybridized carbons (Fsp3) is 0.536. The van der Waals surface area contributed by atoms with Gasteiger partial charge in [0.2, 0.25) is 0 Å². The van der Waals surface area contributed by atoms with E-state index < -0.39 is 22.3 Å². The molecule has 2 aromatic heterocycles. The van der Waals surface area contributed by atoms with Gasteiger partial charge in [0, 0.05) is 52.2 Å². The molecule has 1 aliphatic carbocycles. The molecule has 1 unspecified atom stereocenters. The molecule has 1 aromatic carbocycles. The number of halogens is 2. The van der Waals surface area contributed by atoms with E-state index in [-0.39, 0.29) is 17.4 Å². The maximum absolute atomic E-state index is 13.9. The lowest BCUT2D eigenvalue weighted by Gasteiger charge is -2.38. The lowest BCUT2D eigenvalue weighted by molar-refractivity contribution is 0.0975. The molecule has 4 heterocycles. The number of hydrogen-bond acceptors (Lipinski definition) is 7. The van der Waals surface area contributed by atoms with Crippen molar-refractivity contribution in [2.24, 2.45) is 0 Å². The minimum Gasteiger partial charge on any atom is -0.371 e. The van der Waals surface area contributed by atoms with Crippen molar-refractivity contribution in [2.45, 2.75) is 56.7 Å². The number of likely N-dealkylation sites (tertiary alicyclic amines) is 1. The number of nitrogens with one attached hydrogen (secondary N) is 1. The molecule has 220 valence electrons. The van der Waals surface area contributed by atoms with Crippen LogP contribution in [0.3, 0.4) is 0 Å². The van der Waals surface area contributed by atoms with E-state index in [0.717, 1.165) is 59.7 Å². The van der Waals surface area contributed by atoms with Gasteiger partial charge in [-0.1, -0.05) is 6.42 Å². The van der Waals surface area contributed by atoms with Crippen LogP contribution in [-0.2, 0) is 10.2 Å². The first-order valence-corrected chi connectivity index (χ1v) is 15.6. The van der Waals surface area contributed by atoms with Gasteiger partial charge in [0.05, 0.1) is 22.5 Å². The van der Waals surface area contributed by atoms with Crippen LogP contribution in [0.25, 0.3) is 16.7 Å². The molecule has 1 saturated carbocycles. The summed E-state index contributed by atoms with van der Waals surface area (Å²) < 4.78 is 57.3. The third-order valence-electron chi connectivity index (χ3n) is 8.63. The fourth-order valence-electron chi connectivity index (χ4n) is 6.03. The smallest absolute Gasteiger partial charge is 0.303 e. The van der Waals surface area contributed by atoms with Crippen LogP contribution in [-0.4, -0.2) is 90.8 Å². The van der Waals surface area contributed by atoms with Crippen molar-refractivity contribution >= 4 is 32.8 Å². The maximum atomic E-state index is 13.9. The van der Waals surface area contributed by atoms with E-state index >= 15 is 0 Å². The second-order valence-electron chi connectivity index (χ2n) is 11.4. The molecule has 2 aliphatic heterocycles. The highest BCUT2D eigenvalue weighted by atomic mass is 32.2. The van der Waals surface area contributed by atoms with Gasteiger partial charge in [-0.3, -0.25) is 9.69 Å². The Labute approximate surface area is 238 Å². The SMILES string of the molecule is CN(C)S(=O)(=O)NC(=O)c1cc(N2CCC(N3CCC(F)C3)CC2)c2c(C3CCC3)nn(-c3ccc(F)cc3)c2n1. The summed E-state index contributed by atoms with van der Waals surface area (Å²) in [5, 5.41) is 5.78. The fourth-order valence-corrected chi connectivity index (χ4v) is 6.55. The van der Waals surface area contributed by atoms with Crippen LogP contribution in [0.4, 0.5) is 14.5 Å². The van der Waals surface area contributed by atoms with Crippen LogP contribution in [0, 0.1) is 5.82 Å². The molecule has 3 fully saturated rings. The monoisotopic (exact) mass is 587 g/mol. The second kappa shape index (κ2) is 10.9. The van der Waals surface area contributed by atoms with Gasteiger partial charge in [0.15, 0.2) is 5.65 Å². The van der Waals surface area contributed by atoms with Crippen molar-refractivity contribution in [3.8, 4) is 5.69 Å². The van der Waals surface area contributed by atoms with Crippen molar-refractivity contribution in [3.63, 3.8) is 0 Å². The Morgan fingerprint density at radius 1 is 1.05 bits per heavy atom. The highest BCUT2D eigenvalue weighted by Crippen LogP contribution is 2.43. The molecule has 2 saturated heterocycles. The predicted octanol–water partition coefficient (Wildman–Crippen LogP) is 3.38. The molecule has 3 aromatic rings. The standard InChI is InChI=1S/C28H35F2N7O3S/c1-34(2)41(39,40)33-28(38)23-16-24(35-14-11-21(12-15-35)36-13-10-20(30)17-36)25-26(18-4-3-5-18)32-37(27(25)31-23)22-8-6-19(29)7-9-22/h6-9,16,18,20-21H,3-5,10-15,17H2,1-2H3,(H,33,38). The van der Waals surface area contributed by atoms with Gasteiger partial charge >= 0.3 is 10.2 Å². The average Bonchev–Trinajstić information content (AvgIpc) is 3.51. The number of amides is 1. The van der Waals surface area contributed by atoms with Gasteiger partial charge in [-0.05, 0) is 62.4 Å². The highest BCUT2D eigenvalue weighted by Gasteiger charge is 2.34. The molecule has 0 spiro atoms. The maximum Gasteiger partial charge on any atom is 0.303 e. The lowest BCUT2D eigenvalue weighted by atomic mass is 9.82. The number of fused-ring (bicyclic) bond motifs is 1. The Bertz CT molecular complexity index is 1550. The minimum absolute atomic E-state index is 0.0525. The molecule has 1 atom stereocenters. The third kappa shape index (κ3) is 5.42. The number of anilines is 1. The van der Waals surface area contributed by atoms with Gasteiger partial charge in [0.25, 0.3) is 5.91 Å². The number of aromatic nitrogens is 3. The average molecular weight is 588 g/mol. The third-order valence-corrected chi connectivity index (χ3v) is 10.0. The molecule has 0 bridgehead atoms. The van der Waals surface area contributed by atoms with Gasteiger partial charge in [-0.25, -0.2) is 23.2 Å². The van der Waals surface area contributed by atoms with Crippen molar-refractivity contribution in [2.75, 3.05) is 45.2 Å². The van der Waals surface area contributed by atoms with Crippen LogP contribution in [0.5, 0.6) is 0 Å². The summed E-state index contributed by atoms with van der Waals surface area (Å²) in [4.78, 5) is 22.4. The van der Waals surface area contributed by atoms with Gasteiger partial charge < -0.3 is 4.90 Å². The Balaban J connectivity index is 1.45. The van der Waals surface area contributed by atoms with E-state index in [0.29, 0.717) is 43.4 Å². The predicted molar refractivity (Wildman–Crippen MR) is 152 cm³/mol. The first-order valence-electron chi connectivity index (χ1n) is 14.2. The molecule has 3 aliphatic rings. The number of carbonyl (C=O) groups is 1. The van der Waals surface area contributed by atoms with Crippen molar-refractivity contribution in [3.05, 3.63) is 47.5 Å². The number of pyridine rings is 1. The quantitative estimate of drug-likeness (QED) is 0.452. The number of nitrogens with zero attached hydrogens (tertiary/aromatic N) is 6. The molecule has 10 nitrogen and oxygen atoms in total. The molecule has 0 radical (unpaired) electrons. The highest BCUT2D eigenvalue weighted by molar-refractivity contribution is 7.87. The van der Waals surface area contributed by atoms with Gasteiger partial charge in [0.1, 0.15) is 17.7 Å². The van der Waals surface area contributed by atoms with Crippen LogP contribution < -0.4 is 9.62 Å². The number of rotatable bonds is 7. The molecular weight excluding hydrogens is 552 g/mol. The first kappa shape index (κ1) is 28.0. The summed E-state index contributed by atoms with van der Waals surface area (Å²) in [6, 6.07) is 7.86. The zero-order valence-corrected chi connectivity index (χ0v) is 24.1. The number of piperidine rings is 1. The van der Waals surface area contributed by atoms with Gasteiger partial charge in [-0.15, -0.1) is 0 Å². The van der Waals surface area contributed by atoms with E-state index in [1.807, 2.05) is 0 Å². The first-order chi connectivity index (χ1) is 19.6. The largest absolute Gasteiger partial charge is 0.371 e. The molecule has 13 heteroatoms. The zero-order valence-electron chi connectivity index (χ0n) is 23.3. The Kier molecular flexibility index (Phi) is 7.45. The summed E-state index contributed by atoms with van der Waals surface area (Å²) in [5.74, 6) is -0.996. The van der Waals surface area contributed by atoms with Crippen LogP contribution >= 0.6 is 0 Å². The molecule has 1 amide bonds. The Morgan fingerprint density at radius 2 is 1.76 bits per heavy atom. The van der Waals surface area contributed by atoms with E-state index in [9.17, 15) is 22.0 Å².